The fraction of sp³-hybridized carbons (Fsp3) is 0.318. The summed E-state index contributed by atoms with van der Waals surface area (Å²) in [5.74, 6) is 0.425. The molecule has 2 heterocycles. The van der Waals surface area contributed by atoms with Crippen LogP contribution in [0.2, 0.25) is 29.7 Å². The summed E-state index contributed by atoms with van der Waals surface area (Å²) in [6.07, 6.45) is 0.348. The molecule has 2 atom stereocenters. The first kappa shape index (κ1) is 39.4. The van der Waals surface area contributed by atoms with E-state index < -0.39 is 48.2 Å². The molecule has 0 aliphatic carbocycles. The Morgan fingerprint density at radius 1 is 0.630 bits per heavy atom. The van der Waals surface area contributed by atoms with Crippen molar-refractivity contribution in [3.05, 3.63) is 160 Å². The molecule has 282 valence electrons. The molecule has 4 aromatic carbocycles. The number of ether oxygens (including phenoxy) is 1. The molecular formula is C44H54N2O5Si3. The molecule has 0 amide bonds. The van der Waals surface area contributed by atoms with Crippen LogP contribution < -0.4 is 32.0 Å². The van der Waals surface area contributed by atoms with Crippen LogP contribution >= 0.6 is 0 Å². The minimum Gasteiger partial charge on any atom is -0.470 e. The maximum atomic E-state index is 13.6. The van der Waals surface area contributed by atoms with Gasteiger partial charge in [0, 0.05) is 17.5 Å². The average molecular weight is 775 g/mol. The van der Waals surface area contributed by atoms with Gasteiger partial charge in [-0.2, -0.15) is 0 Å². The molecule has 1 N–H and O–H groups in total. The first-order chi connectivity index (χ1) is 25.5. The fourth-order valence-corrected chi connectivity index (χ4v) is 19.5. The highest BCUT2D eigenvalue weighted by Crippen LogP contribution is 2.44. The molecular weight excluding hydrogens is 721 g/mol. The molecule has 1 aliphatic rings. The van der Waals surface area contributed by atoms with Crippen LogP contribution in [0.25, 0.3) is 5.88 Å². The van der Waals surface area contributed by atoms with E-state index in [-0.39, 0.29) is 16.7 Å². The Kier molecular flexibility index (Phi) is 11.0. The van der Waals surface area contributed by atoms with E-state index in [0.717, 1.165) is 15.6 Å². The van der Waals surface area contributed by atoms with Crippen LogP contribution in [0.5, 0.6) is 0 Å². The lowest BCUT2D eigenvalue weighted by atomic mass is 10.2. The number of aromatic nitrogens is 2. The van der Waals surface area contributed by atoms with Gasteiger partial charge < -0.3 is 13.6 Å². The van der Waals surface area contributed by atoms with Crippen molar-refractivity contribution in [3.63, 3.8) is 0 Å². The summed E-state index contributed by atoms with van der Waals surface area (Å²) in [4.78, 5) is 28.3. The van der Waals surface area contributed by atoms with Crippen molar-refractivity contribution in [3.8, 4) is 0 Å². The summed E-state index contributed by atoms with van der Waals surface area (Å²) < 4.78 is 24.1. The Balaban J connectivity index is 1.60. The largest absolute Gasteiger partial charge is 0.470 e. The highest BCUT2D eigenvalue weighted by atomic mass is 28.4. The normalized spacial score (nSPS) is 17.1. The van der Waals surface area contributed by atoms with Gasteiger partial charge in [0.05, 0.1) is 14.7 Å². The van der Waals surface area contributed by atoms with Gasteiger partial charge in [0.2, 0.25) is 0 Å². The van der Waals surface area contributed by atoms with Crippen LogP contribution in [0.4, 0.5) is 0 Å². The van der Waals surface area contributed by atoms with Crippen LogP contribution in [-0.4, -0.2) is 53.1 Å². The van der Waals surface area contributed by atoms with Crippen molar-refractivity contribution < 1.29 is 13.6 Å². The average Bonchev–Trinajstić information content (AvgIpc) is 3.49. The topological polar surface area (TPSA) is 82.5 Å². The number of hydrogen-bond donors (Lipinski definition) is 1. The Morgan fingerprint density at radius 3 is 1.41 bits per heavy atom. The van der Waals surface area contributed by atoms with E-state index in [0.29, 0.717) is 5.88 Å². The molecule has 0 saturated carbocycles. The number of H-pyrrole nitrogens is 1. The lowest BCUT2D eigenvalue weighted by Crippen LogP contribution is -2.69. The van der Waals surface area contributed by atoms with Crippen molar-refractivity contribution in [2.75, 3.05) is 6.61 Å². The summed E-state index contributed by atoms with van der Waals surface area (Å²) in [6, 6.07) is 43.8. The van der Waals surface area contributed by atoms with Crippen molar-refractivity contribution in [2.24, 2.45) is 0 Å². The number of benzene rings is 4. The fourth-order valence-electron chi connectivity index (χ4n) is 8.19. The first-order valence-electron chi connectivity index (χ1n) is 18.8. The maximum Gasteiger partial charge on any atom is 0.335 e. The van der Waals surface area contributed by atoms with Gasteiger partial charge in [-0.1, -0.05) is 183 Å². The van der Waals surface area contributed by atoms with Gasteiger partial charge in [-0.3, -0.25) is 9.78 Å². The standard InChI is InChI=1S/C44H54N2O5Si3/c1-43(2,3)53(33-22-14-10-15-23-33,34-24-16-11-17-25-34)49-32-37-39(40(52(7,8)9)41(50-37)46-31-30-38(47)45-42(46)48)51-54(44(4,5)6,35-26-18-12-19-27-35)36-28-20-13-21-29-36/h10-31,37,39H,32H2,1-9H3,(H,45,47,48)/t37-,39-/m1/s1. The number of nitrogens with one attached hydrogen (secondary N) is 1. The minimum atomic E-state index is -3.15. The van der Waals surface area contributed by atoms with E-state index in [1.165, 1.54) is 27.2 Å². The predicted molar refractivity (Wildman–Crippen MR) is 229 cm³/mol. The highest BCUT2D eigenvalue weighted by Gasteiger charge is 2.57. The predicted octanol–water partition coefficient (Wildman–Crippen LogP) is 6.50. The van der Waals surface area contributed by atoms with Crippen molar-refractivity contribution in [1.29, 1.82) is 0 Å². The van der Waals surface area contributed by atoms with E-state index in [1.807, 2.05) is 24.3 Å². The zero-order valence-electron chi connectivity index (χ0n) is 33.1. The maximum absolute atomic E-state index is 13.6. The van der Waals surface area contributed by atoms with Gasteiger partial charge in [-0.15, -0.1) is 0 Å². The Hall–Kier alpha value is -4.33. The number of aromatic amines is 1. The van der Waals surface area contributed by atoms with E-state index in [2.05, 4.69) is 163 Å². The van der Waals surface area contributed by atoms with Crippen LogP contribution in [0.1, 0.15) is 41.5 Å². The van der Waals surface area contributed by atoms with E-state index in [4.69, 9.17) is 13.6 Å². The van der Waals surface area contributed by atoms with Crippen molar-refractivity contribution in [2.45, 2.75) is 83.5 Å². The Bertz CT molecular complexity index is 2110. The quantitative estimate of drug-likeness (QED) is 0.155. The second kappa shape index (κ2) is 15.1. The summed E-state index contributed by atoms with van der Waals surface area (Å²) in [6.45, 7) is 20.6. The third-order valence-corrected chi connectivity index (χ3v) is 22.7. The SMILES string of the molecule is CC(C)(C)[Si](OC[C@H]1OC(n2ccc(=O)[nH]c2=O)=C([Si](C)(C)C)[C@@H]1O[Si](c1ccccc1)(c1ccccc1)C(C)(C)C)(c1ccccc1)c1ccccc1. The molecule has 5 aromatic rings. The van der Waals surface area contributed by atoms with E-state index in [9.17, 15) is 9.59 Å². The Morgan fingerprint density at radius 2 is 1.04 bits per heavy atom. The third-order valence-electron chi connectivity index (χ3n) is 10.6. The molecule has 0 bridgehead atoms. The van der Waals surface area contributed by atoms with Crippen LogP contribution in [0, 0.1) is 0 Å². The van der Waals surface area contributed by atoms with Gasteiger partial charge in [0.25, 0.3) is 22.2 Å². The molecule has 6 rings (SSSR count). The number of hydrogen-bond acceptors (Lipinski definition) is 5. The summed E-state index contributed by atoms with van der Waals surface area (Å²) >= 11 is 0. The van der Waals surface area contributed by atoms with Gasteiger partial charge in [-0.05, 0) is 30.8 Å². The number of rotatable bonds is 11. The monoisotopic (exact) mass is 774 g/mol. The van der Waals surface area contributed by atoms with Crippen LogP contribution in [0.15, 0.2) is 148 Å². The summed E-state index contributed by atoms with van der Waals surface area (Å²) in [5.41, 5.74) is -1.01. The summed E-state index contributed by atoms with van der Waals surface area (Å²) in [5, 5.41) is 5.03. The zero-order valence-corrected chi connectivity index (χ0v) is 36.1. The molecule has 0 saturated heterocycles. The third kappa shape index (κ3) is 7.25. The molecule has 0 spiro atoms. The van der Waals surface area contributed by atoms with Gasteiger partial charge in [0.1, 0.15) is 6.10 Å². The molecule has 0 unspecified atom stereocenters. The smallest absolute Gasteiger partial charge is 0.335 e. The molecule has 54 heavy (non-hydrogen) atoms. The number of nitrogens with zero attached hydrogens (tertiary/aromatic N) is 1. The van der Waals surface area contributed by atoms with E-state index >= 15 is 0 Å². The van der Waals surface area contributed by atoms with Gasteiger partial charge in [-0.25, -0.2) is 9.36 Å². The minimum absolute atomic E-state index is 0.214. The lowest BCUT2D eigenvalue weighted by Gasteiger charge is -2.47. The molecule has 0 fully saturated rings. The molecule has 1 aromatic heterocycles. The van der Waals surface area contributed by atoms with E-state index in [1.54, 1.807) is 0 Å². The lowest BCUT2D eigenvalue weighted by molar-refractivity contribution is 0.0356. The van der Waals surface area contributed by atoms with Crippen LogP contribution in [0.3, 0.4) is 0 Å². The molecule has 1 aliphatic heterocycles. The first-order valence-corrected chi connectivity index (χ1v) is 26.1. The zero-order chi connectivity index (χ0) is 38.9. The molecule has 7 nitrogen and oxygen atoms in total. The Labute approximate surface area is 323 Å². The molecule has 10 heteroatoms. The second-order valence-electron chi connectivity index (χ2n) is 17.3. The van der Waals surface area contributed by atoms with Gasteiger partial charge >= 0.3 is 5.69 Å². The van der Waals surface area contributed by atoms with Crippen LogP contribution in [-0.2, 0) is 13.6 Å². The highest BCUT2D eigenvalue weighted by molar-refractivity contribution is 7.00. The second-order valence-corrected chi connectivity index (χ2v) is 30.9. The van der Waals surface area contributed by atoms with Gasteiger partial charge in [0.15, 0.2) is 12.0 Å². The van der Waals surface area contributed by atoms with Crippen molar-refractivity contribution >= 4 is 51.3 Å². The van der Waals surface area contributed by atoms with Crippen molar-refractivity contribution in [1.82, 2.24) is 9.55 Å². The summed E-state index contributed by atoms with van der Waals surface area (Å²) in [7, 11) is -8.51. The molecule has 0 radical (unpaired) electrons.